The molecule has 208 valence electrons. The van der Waals surface area contributed by atoms with Crippen LogP contribution >= 0.6 is 34.8 Å². The number of carbonyl (C=O) groups excluding carboxylic acids is 2. The highest BCUT2D eigenvalue weighted by Crippen LogP contribution is 2.31. The highest BCUT2D eigenvalue weighted by molar-refractivity contribution is 6.35. The van der Waals surface area contributed by atoms with Crippen LogP contribution in [0.3, 0.4) is 0 Å². The van der Waals surface area contributed by atoms with Crippen LogP contribution in [0.4, 0.5) is 19.0 Å². The summed E-state index contributed by atoms with van der Waals surface area (Å²) in [6.07, 6.45) is 0.573. The Morgan fingerprint density at radius 3 is 2.37 bits per heavy atom. The molecule has 1 aromatic carbocycles. The van der Waals surface area contributed by atoms with Crippen molar-refractivity contribution in [3.8, 4) is 5.75 Å². The number of aromatic nitrogens is 1. The van der Waals surface area contributed by atoms with Gasteiger partial charge in [0.15, 0.2) is 5.60 Å². The first-order valence-corrected chi connectivity index (χ1v) is 13.1. The van der Waals surface area contributed by atoms with Crippen molar-refractivity contribution in [1.29, 1.82) is 0 Å². The van der Waals surface area contributed by atoms with E-state index >= 15 is 0 Å². The Hall–Kier alpha value is -2.43. The van der Waals surface area contributed by atoms with Crippen LogP contribution in [0, 0.1) is 0 Å². The fourth-order valence-corrected chi connectivity index (χ4v) is 4.67. The Kier molecular flexibility index (Phi) is 10.00. The molecule has 0 saturated heterocycles. The number of ether oxygens (including phenoxy) is 1. The van der Waals surface area contributed by atoms with E-state index in [9.17, 15) is 22.8 Å². The molecule has 2 amide bonds. The molecule has 1 saturated carbocycles. The minimum Gasteiger partial charge on any atom is -0.476 e. The summed E-state index contributed by atoms with van der Waals surface area (Å²) in [6, 6.07) is 5.78. The smallest absolute Gasteiger partial charge is 0.405 e. The average molecular weight is 596 g/mol. The molecule has 0 aliphatic heterocycles. The third-order valence-electron chi connectivity index (χ3n) is 5.96. The molecule has 3 N–H and O–H groups in total. The van der Waals surface area contributed by atoms with Gasteiger partial charge in [0.05, 0.1) is 15.6 Å². The standard InChI is InChI=1S/C25H28Cl3F3N4O3/c1-24(2,38-20-8-7-15(26)10-18(20)27)23(37)35-17-6-4-3-5-16(11-17)34-21-19(28)9-14(12-32-21)22(36)33-13-25(29,30)31/h7-10,12,16-17H,3-6,11,13H2,1-2H3,(H,32,34)(H,33,36)(H,35,37). The fourth-order valence-electron chi connectivity index (χ4n) is 4.01. The normalized spacial score (nSPS) is 18.3. The molecular weight excluding hydrogens is 568 g/mol. The highest BCUT2D eigenvalue weighted by Gasteiger charge is 2.33. The van der Waals surface area contributed by atoms with Gasteiger partial charge in [0.1, 0.15) is 18.1 Å². The van der Waals surface area contributed by atoms with Gasteiger partial charge in [-0.25, -0.2) is 4.98 Å². The first kappa shape index (κ1) is 30.1. The van der Waals surface area contributed by atoms with Gasteiger partial charge in [-0.1, -0.05) is 47.6 Å². The van der Waals surface area contributed by atoms with E-state index in [2.05, 4.69) is 15.6 Å². The second-order valence-electron chi connectivity index (χ2n) is 9.57. The van der Waals surface area contributed by atoms with Crippen molar-refractivity contribution in [3.05, 3.63) is 51.1 Å². The van der Waals surface area contributed by atoms with Gasteiger partial charge >= 0.3 is 6.18 Å². The van der Waals surface area contributed by atoms with Crippen molar-refractivity contribution in [3.63, 3.8) is 0 Å². The molecule has 0 bridgehead atoms. The maximum Gasteiger partial charge on any atom is 0.405 e. The summed E-state index contributed by atoms with van der Waals surface area (Å²) in [6.45, 7) is 1.85. The summed E-state index contributed by atoms with van der Waals surface area (Å²) in [4.78, 5) is 29.2. The number of rotatable bonds is 8. The average Bonchev–Trinajstić information content (AvgIpc) is 3.04. The zero-order valence-corrected chi connectivity index (χ0v) is 23.0. The maximum atomic E-state index is 13.1. The number of carbonyl (C=O) groups is 2. The summed E-state index contributed by atoms with van der Waals surface area (Å²) in [5.74, 6) is -0.588. The van der Waals surface area contributed by atoms with E-state index in [0.29, 0.717) is 28.0 Å². The molecule has 13 heteroatoms. The lowest BCUT2D eigenvalue weighted by atomic mass is 10.0. The lowest BCUT2D eigenvalue weighted by molar-refractivity contribution is -0.135. The zero-order chi connectivity index (χ0) is 28.1. The van der Waals surface area contributed by atoms with Crippen molar-refractivity contribution >= 4 is 52.4 Å². The van der Waals surface area contributed by atoms with Crippen molar-refractivity contribution in [1.82, 2.24) is 15.6 Å². The molecule has 2 atom stereocenters. The molecule has 1 fully saturated rings. The summed E-state index contributed by atoms with van der Waals surface area (Å²) in [5.41, 5.74) is -1.29. The van der Waals surface area contributed by atoms with Crippen LogP contribution < -0.4 is 20.7 Å². The quantitative estimate of drug-likeness (QED) is 0.306. The maximum absolute atomic E-state index is 13.1. The third kappa shape index (κ3) is 8.81. The monoisotopic (exact) mass is 594 g/mol. The Morgan fingerprint density at radius 2 is 1.74 bits per heavy atom. The van der Waals surface area contributed by atoms with Gasteiger partial charge in [-0.3, -0.25) is 9.59 Å². The number of nitrogens with one attached hydrogen (secondary N) is 3. The molecule has 0 radical (unpaired) electrons. The summed E-state index contributed by atoms with van der Waals surface area (Å²) in [5, 5.41) is 8.94. The predicted octanol–water partition coefficient (Wildman–Crippen LogP) is 6.42. The van der Waals surface area contributed by atoms with Gasteiger partial charge in [0.25, 0.3) is 11.8 Å². The Balaban J connectivity index is 1.61. The van der Waals surface area contributed by atoms with E-state index in [4.69, 9.17) is 39.5 Å². The topological polar surface area (TPSA) is 92.3 Å². The molecule has 1 heterocycles. The first-order valence-electron chi connectivity index (χ1n) is 12.0. The lowest BCUT2D eigenvalue weighted by Gasteiger charge is -2.29. The van der Waals surface area contributed by atoms with Gasteiger partial charge in [0.2, 0.25) is 0 Å². The van der Waals surface area contributed by atoms with E-state index in [1.807, 2.05) is 0 Å². The number of benzene rings is 1. The summed E-state index contributed by atoms with van der Waals surface area (Å²) >= 11 is 18.4. The van der Waals surface area contributed by atoms with Gasteiger partial charge in [-0.05, 0) is 57.4 Å². The number of hydrogen-bond acceptors (Lipinski definition) is 5. The largest absolute Gasteiger partial charge is 0.476 e. The number of amides is 2. The molecule has 7 nitrogen and oxygen atoms in total. The van der Waals surface area contributed by atoms with E-state index in [0.717, 1.165) is 31.9 Å². The van der Waals surface area contributed by atoms with Crippen LogP contribution in [0.15, 0.2) is 30.5 Å². The van der Waals surface area contributed by atoms with Gasteiger partial charge in [-0.2, -0.15) is 13.2 Å². The second-order valence-corrected chi connectivity index (χ2v) is 10.8. The van der Waals surface area contributed by atoms with E-state index < -0.39 is 24.2 Å². The Labute approximate surface area is 233 Å². The van der Waals surface area contributed by atoms with E-state index in [1.54, 1.807) is 31.3 Å². The van der Waals surface area contributed by atoms with Crippen molar-refractivity contribution < 1.29 is 27.5 Å². The number of hydrogen-bond donors (Lipinski definition) is 3. The number of halogens is 6. The van der Waals surface area contributed by atoms with E-state index in [1.165, 1.54) is 12.1 Å². The van der Waals surface area contributed by atoms with Gasteiger partial charge in [-0.15, -0.1) is 0 Å². The lowest BCUT2D eigenvalue weighted by Crippen LogP contribution is -2.50. The molecule has 3 rings (SSSR count). The Morgan fingerprint density at radius 1 is 1.05 bits per heavy atom. The Bertz CT molecular complexity index is 1160. The minimum absolute atomic E-state index is 0.0844. The molecule has 38 heavy (non-hydrogen) atoms. The SMILES string of the molecule is CC(C)(Oc1ccc(Cl)cc1Cl)C(=O)NC1CCCCC(Nc2ncc(C(=O)NCC(F)(F)F)cc2Cl)C1. The first-order chi connectivity index (χ1) is 17.7. The predicted molar refractivity (Wildman–Crippen MR) is 141 cm³/mol. The molecule has 1 aliphatic carbocycles. The van der Waals surface area contributed by atoms with Crippen LogP contribution in [0.1, 0.15) is 56.3 Å². The van der Waals surface area contributed by atoms with Crippen molar-refractivity contribution in [2.45, 2.75) is 69.8 Å². The molecule has 1 aromatic heterocycles. The van der Waals surface area contributed by atoms with Crippen LogP contribution in [0.2, 0.25) is 15.1 Å². The van der Waals surface area contributed by atoms with Crippen LogP contribution in [-0.2, 0) is 4.79 Å². The summed E-state index contributed by atoms with van der Waals surface area (Å²) < 4.78 is 43.0. The van der Waals surface area contributed by atoms with Crippen LogP contribution in [-0.4, -0.2) is 47.2 Å². The number of pyridine rings is 1. The van der Waals surface area contributed by atoms with Crippen LogP contribution in [0.25, 0.3) is 0 Å². The molecule has 2 aromatic rings. The second kappa shape index (κ2) is 12.6. The molecule has 0 spiro atoms. The van der Waals surface area contributed by atoms with E-state index in [-0.39, 0.29) is 28.6 Å². The minimum atomic E-state index is -4.52. The van der Waals surface area contributed by atoms with Crippen LogP contribution in [0.5, 0.6) is 5.75 Å². The van der Waals surface area contributed by atoms with Crippen molar-refractivity contribution in [2.24, 2.45) is 0 Å². The van der Waals surface area contributed by atoms with Gasteiger partial charge < -0.3 is 20.7 Å². The molecule has 2 unspecified atom stereocenters. The number of anilines is 1. The van der Waals surface area contributed by atoms with Gasteiger partial charge in [0, 0.05) is 23.3 Å². The molecular formula is C25H28Cl3F3N4O3. The zero-order valence-electron chi connectivity index (χ0n) is 20.7. The van der Waals surface area contributed by atoms with Crippen molar-refractivity contribution in [2.75, 3.05) is 11.9 Å². The number of nitrogens with zero attached hydrogens (tertiary/aromatic N) is 1. The highest BCUT2D eigenvalue weighted by atomic mass is 35.5. The third-order valence-corrected chi connectivity index (χ3v) is 6.78. The number of alkyl halides is 3. The molecule has 1 aliphatic rings. The summed E-state index contributed by atoms with van der Waals surface area (Å²) in [7, 11) is 0. The fraction of sp³-hybridized carbons (Fsp3) is 0.480.